The number of para-hydroxylation sites is 1. The molecular formula is C26H18ClFN4. The van der Waals surface area contributed by atoms with Crippen LogP contribution in [0.1, 0.15) is 0 Å². The maximum absolute atomic E-state index is 13.7. The Kier molecular flexibility index (Phi) is 4.26. The number of benzene rings is 3. The molecule has 156 valence electrons. The van der Waals surface area contributed by atoms with Gasteiger partial charge in [-0.2, -0.15) is 0 Å². The molecule has 3 aromatic carbocycles. The van der Waals surface area contributed by atoms with Gasteiger partial charge in [0.2, 0.25) is 0 Å². The van der Waals surface area contributed by atoms with Crippen molar-refractivity contribution < 1.29 is 4.39 Å². The Morgan fingerprint density at radius 1 is 0.844 bits per heavy atom. The van der Waals surface area contributed by atoms with E-state index < -0.39 is 0 Å². The summed E-state index contributed by atoms with van der Waals surface area (Å²) in [5, 5.41) is 2.49. The van der Waals surface area contributed by atoms with Crippen molar-refractivity contribution in [3.63, 3.8) is 0 Å². The molecule has 0 N–H and O–H groups in total. The zero-order chi connectivity index (χ0) is 21.8. The van der Waals surface area contributed by atoms with Crippen molar-refractivity contribution in [2.45, 2.75) is 0 Å². The van der Waals surface area contributed by atoms with Crippen LogP contribution in [0, 0.1) is 5.82 Å². The Labute approximate surface area is 189 Å². The Hall–Kier alpha value is -3.70. The van der Waals surface area contributed by atoms with E-state index in [2.05, 4.69) is 44.0 Å². The van der Waals surface area contributed by atoms with Crippen LogP contribution in [-0.2, 0) is 0 Å². The predicted octanol–water partition coefficient (Wildman–Crippen LogP) is 6.79. The molecule has 0 atom stereocenters. The fourth-order valence-electron chi connectivity index (χ4n) is 4.40. The van der Waals surface area contributed by atoms with Gasteiger partial charge in [0.15, 0.2) is 0 Å². The molecular weight excluding hydrogens is 423 g/mol. The summed E-state index contributed by atoms with van der Waals surface area (Å²) in [6, 6.07) is 21.0. The van der Waals surface area contributed by atoms with E-state index in [0.29, 0.717) is 11.7 Å². The van der Waals surface area contributed by atoms with Crippen LogP contribution in [-0.4, -0.2) is 23.7 Å². The van der Waals surface area contributed by atoms with Gasteiger partial charge in [-0.25, -0.2) is 4.39 Å². The summed E-state index contributed by atoms with van der Waals surface area (Å²) in [6.45, 7) is 0.600. The average Bonchev–Trinajstić information content (AvgIpc) is 3.15. The molecule has 5 aromatic rings. The highest BCUT2D eigenvalue weighted by atomic mass is 35.5. The molecule has 0 amide bonds. The first-order valence-electron chi connectivity index (χ1n) is 10.3. The number of rotatable bonds is 2. The molecule has 0 unspecified atom stereocenters. The Bertz CT molecular complexity index is 1520. The number of nitrogens with zero attached hydrogens (tertiary/aromatic N) is 4. The van der Waals surface area contributed by atoms with Crippen molar-refractivity contribution in [3.05, 3.63) is 90.0 Å². The normalized spacial score (nSPS) is 13.2. The highest BCUT2D eigenvalue weighted by Crippen LogP contribution is 2.46. The van der Waals surface area contributed by atoms with E-state index in [-0.39, 0.29) is 5.82 Å². The van der Waals surface area contributed by atoms with Crippen molar-refractivity contribution in [2.24, 2.45) is 0 Å². The van der Waals surface area contributed by atoms with E-state index in [4.69, 9.17) is 11.6 Å². The van der Waals surface area contributed by atoms with Crippen LogP contribution in [0.5, 0.6) is 0 Å². The molecule has 0 bridgehead atoms. The minimum Gasteiger partial charge on any atom is -0.354 e. The van der Waals surface area contributed by atoms with Gasteiger partial charge in [-0.05, 0) is 48.0 Å². The molecule has 0 fully saturated rings. The fourth-order valence-corrected chi connectivity index (χ4v) is 4.66. The van der Waals surface area contributed by atoms with Crippen LogP contribution in [0.4, 0.5) is 21.5 Å². The molecule has 0 spiro atoms. The van der Waals surface area contributed by atoms with Crippen LogP contribution in [0.3, 0.4) is 0 Å². The van der Waals surface area contributed by atoms with E-state index in [0.717, 1.165) is 50.0 Å². The highest BCUT2D eigenvalue weighted by molar-refractivity contribution is 6.33. The molecule has 1 aliphatic rings. The van der Waals surface area contributed by atoms with Crippen molar-refractivity contribution in [3.8, 4) is 11.1 Å². The lowest BCUT2D eigenvalue weighted by atomic mass is 10.0. The summed E-state index contributed by atoms with van der Waals surface area (Å²) in [6.07, 6.45) is 3.78. The summed E-state index contributed by atoms with van der Waals surface area (Å²) in [4.78, 5) is 13.5. The topological polar surface area (TPSA) is 32.3 Å². The molecule has 0 radical (unpaired) electrons. The molecule has 1 aliphatic heterocycles. The third kappa shape index (κ3) is 2.97. The minimum absolute atomic E-state index is 0.350. The van der Waals surface area contributed by atoms with Gasteiger partial charge < -0.3 is 9.80 Å². The minimum atomic E-state index is -0.350. The van der Waals surface area contributed by atoms with Gasteiger partial charge in [0, 0.05) is 29.6 Å². The molecule has 6 rings (SSSR count). The molecule has 32 heavy (non-hydrogen) atoms. The SMILES string of the molecule is CN1CN(c2ccc(F)cc2Cl)c2c1cnc1ccc(-c3cnc4ccccc4c3)cc21. The molecule has 2 aromatic heterocycles. The maximum atomic E-state index is 13.7. The monoisotopic (exact) mass is 440 g/mol. The Morgan fingerprint density at radius 2 is 1.69 bits per heavy atom. The van der Waals surface area contributed by atoms with Gasteiger partial charge in [-0.1, -0.05) is 35.9 Å². The van der Waals surface area contributed by atoms with Crippen LogP contribution in [0.15, 0.2) is 79.1 Å². The third-order valence-electron chi connectivity index (χ3n) is 5.98. The molecule has 0 saturated heterocycles. The summed E-state index contributed by atoms with van der Waals surface area (Å²) < 4.78 is 13.7. The first-order chi connectivity index (χ1) is 15.6. The molecule has 4 nitrogen and oxygen atoms in total. The van der Waals surface area contributed by atoms with Gasteiger partial charge in [0.25, 0.3) is 0 Å². The summed E-state index contributed by atoms with van der Waals surface area (Å²) in [5.74, 6) is -0.350. The van der Waals surface area contributed by atoms with E-state index in [9.17, 15) is 4.39 Å². The maximum Gasteiger partial charge on any atom is 0.124 e. The zero-order valence-electron chi connectivity index (χ0n) is 17.3. The number of hydrogen-bond acceptors (Lipinski definition) is 4. The standard InChI is InChI=1S/C26H18ClFN4/c1-31-15-32(24-9-7-19(28)12-21(24)27)26-20-11-16(6-8-23(20)30-14-25(26)31)18-10-17-4-2-3-5-22(17)29-13-18/h2-14H,15H2,1H3. The van der Waals surface area contributed by atoms with E-state index in [1.54, 1.807) is 6.07 Å². The lowest BCUT2D eigenvalue weighted by Gasteiger charge is -2.22. The molecule has 3 heterocycles. The van der Waals surface area contributed by atoms with Gasteiger partial charge >= 0.3 is 0 Å². The Morgan fingerprint density at radius 3 is 2.56 bits per heavy atom. The molecule has 0 saturated carbocycles. The second-order valence-corrected chi connectivity index (χ2v) is 8.41. The van der Waals surface area contributed by atoms with Gasteiger partial charge in [0.1, 0.15) is 5.82 Å². The quantitative estimate of drug-likeness (QED) is 0.302. The number of anilines is 3. The summed E-state index contributed by atoms with van der Waals surface area (Å²) in [7, 11) is 2.01. The molecule has 6 heteroatoms. The zero-order valence-corrected chi connectivity index (χ0v) is 18.0. The predicted molar refractivity (Wildman–Crippen MR) is 129 cm³/mol. The summed E-state index contributed by atoms with van der Waals surface area (Å²) >= 11 is 6.43. The van der Waals surface area contributed by atoms with E-state index >= 15 is 0 Å². The average molecular weight is 441 g/mol. The van der Waals surface area contributed by atoms with Crippen LogP contribution in [0.25, 0.3) is 32.9 Å². The highest BCUT2D eigenvalue weighted by Gasteiger charge is 2.29. The van der Waals surface area contributed by atoms with Gasteiger partial charge in [0.05, 0.1) is 46.0 Å². The van der Waals surface area contributed by atoms with Crippen molar-refractivity contribution >= 4 is 50.5 Å². The smallest absolute Gasteiger partial charge is 0.124 e. The number of aromatic nitrogens is 2. The van der Waals surface area contributed by atoms with Gasteiger partial charge in [-0.15, -0.1) is 0 Å². The second kappa shape index (κ2) is 7.18. The number of fused-ring (bicyclic) bond motifs is 4. The number of halogens is 2. The van der Waals surface area contributed by atoms with Crippen molar-refractivity contribution in [2.75, 3.05) is 23.5 Å². The Balaban J connectivity index is 1.55. The van der Waals surface area contributed by atoms with Crippen LogP contribution in [0.2, 0.25) is 5.02 Å². The van der Waals surface area contributed by atoms with Crippen LogP contribution >= 0.6 is 11.6 Å². The van der Waals surface area contributed by atoms with Crippen LogP contribution < -0.4 is 9.80 Å². The van der Waals surface area contributed by atoms with E-state index in [1.165, 1.54) is 12.1 Å². The summed E-state index contributed by atoms with van der Waals surface area (Å²) in [5.41, 5.74) is 6.75. The van der Waals surface area contributed by atoms with Gasteiger partial charge in [-0.3, -0.25) is 9.97 Å². The number of hydrogen-bond donors (Lipinski definition) is 0. The third-order valence-corrected chi connectivity index (χ3v) is 6.28. The first-order valence-corrected chi connectivity index (χ1v) is 10.7. The second-order valence-electron chi connectivity index (χ2n) is 8.00. The van der Waals surface area contributed by atoms with Crippen molar-refractivity contribution in [1.82, 2.24) is 9.97 Å². The van der Waals surface area contributed by atoms with E-state index in [1.807, 2.05) is 43.7 Å². The fraction of sp³-hybridized carbons (Fsp3) is 0.0769. The van der Waals surface area contributed by atoms with Crippen molar-refractivity contribution in [1.29, 1.82) is 0 Å². The lowest BCUT2D eigenvalue weighted by molar-refractivity contribution is 0.628. The lowest BCUT2D eigenvalue weighted by Crippen LogP contribution is -2.24. The first kappa shape index (κ1) is 19.0. The largest absolute Gasteiger partial charge is 0.354 e. The molecule has 0 aliphatic carbocycles. The number of pyridine rings is 2.